The van der Waals surface area contributed by atoms with Crippen LogP contribution in [0.5, 0.6) is 11.5 Å². The first-order valence-corrected chi connectivity index (χ1v) is 11.6. The zero-order valence-electron chi connectivity index (χ0n) is 18.3. The van der Waals surface area contributed by atoms with Crippen LogP contribution in [0.25, 0.3) is 5.69 Å². The number of hydrogen-bond donors (Lipinski definition) is 2. The summed E-state index contributed by atoms with van der Waals surface area (Å²) in [6, 6.07) is 11.1. The summed E-state index contributed by atoms with van der Waals surface area (Å²) in [7, 11) is 1.53. The predicted molar refractivity (Wildman–Crippen MR) is 129 cm³/mol. The molecule has 2 heterocycles. The average molecular weight is 487 g/mol. The summed E-state index contributed by atoms with van der Waals surface area (Å²) in [5.74, 6) is 1.07. The second-order valence-corrected chi connectivity index (χ2v) is 9.10. The highest BCUT2D eigenvalue weighted by Gasteiger charge is 2.31. The summed E-state index contributed by atoms with van der Waals surface area (Å²) >= 11 is 7.84. The monoisotopic (exact) mass is 486 g/mol. The highest BCUT2D eigenvalue weighted by atomic mass is 35.5. The van der Waals surface area contributed by atoms with E-state index in [1.54, 1.807) is 10.7 Å². The van der Waals surface area contributed by atoms with Gasteiger partial charge >= 0.3 is 0 Å². The summed E-state index contributed by atoms with van der Waals surface area (Å²) in [6.45, 7) is 3.60. The topological polar surface area (TPSA) is 108 Å². The molecule has 1 atom stereocenters. The summed E-state index contributed by atoms with van der Waals surface area (Å²) in [6.07, 6.45) is 0. The Balaban J connectivity index is 1.79. The number of nitrogens with two attached hydrogens (primary N) is 1. The highest BCUT2D eigenvalue weighted by Crippen LogP contribution is 2.45. The number of nitrogens with one attached hydrogen (secondary N) is 1. The molecule has 1 aliphatic rings. The molecular weight excluding hydrogens is 464 g/mol. The van der Waals surface area contributed by atoms with E-state index in [1.807, 2.05) is 44.2 Å². The molecule has 8 nitrogen and oxygen atoms in total. The molecule has 0 spiro atoms. The lowest BCUT2D eigenvalue weighted by molar-refractivity contribution is -0.120. The lowest BCUT2D eigenvalue weighted by atomic mass is 10.0. The summed E-state index contributed by atoms with van der Waals surface area (Å²) in [5.41, 5.74) is 9.49. The van der Waals surface area contributed by atoms with E-state index in [9.17, 15) is 9.59 Å². The molecule has 0 unspecified atom stereocenters. The lowest BCUT2D eigenvalue weighted by Crippen LogP contribution is -2.20. The Kier molecular flexibility index (Phi) is 6.53. The molecule has 3 aromatic rings. The SMILES string of the molecule is COc1cc([C@H]2SCC(=O)Nc3c2c(C)nn3-c2ccc(C)c(Cl)c2)ccc1OCC(N)=O. The minimum atomic E-state index is -0.575. The second-order valence-electron chi connectivity index (χ2n) is 7.60. The van der Waals surface area contributed by atoms with Crippen molar-refractivity contribution in [3.63, 3.8) is 0 Å². The molecule has 33 heavy (non-hydrogen) atoms. The van der Waals surface area contributed by atoms with Crippen LogP contribution in [-0.4, -0.2) is 41.1 Å². The molecule has 172 valence electrons. The number of carbonyl (C=O) groups is 2. The Morgan fingerprint density at radius 3 is 2.76 bits per heavy atom. The van der Waals surface area contributed by atoms with Gasteiger partial charge in [-0.15, -0.1) is 11.8 Å². The van der Waals surface area contributed by atoms with Crippen molar-refractivity contribution in [3.8, 4) is 17.2 Å². The number of fused-ring (bicyclic) bond motifs is 1. The standard InChI is InChI=1S/C23H23ClN4O4S/c1-12-4-6-15(9-16(12)24)28-23-21(13(2)27-28)22(33-11-20(30)26-23)14-5-7-17(18(8-14)31-3)32-10-19(25)29/h4-9,22H,10-11H2,1-3H3,(H2,25,29)(H,26,30)/t22-/m1/s1. The normalized spacial score (nSPS) is 15.4. The fourth-order valence-electron chi connectivity index (χ4n) is 3.66. The number of hydrogen-bond acceptors (Lipinski definition) is 6. The molecule has 0 saturated carbocycles. The van der Waals surface area contributed by atoms with Crippen LogP contribution in [0.2, 0.25) is 5.02 Å². The van der Waals surface area contributed by atoms with E-state index >= 15 is 0 Å². The van der Waals surface area contributed by atoms with Crippen molar-refractivity contribution in [1.82, 2.24) is 9.78 Å². The molecule has 3 N–H and O–H groups in total. The number of amides is 2. The van der Waals surface area contributed by atoms with Crippen molar-refractivity contribution >= 4 is 41.0 Å². The van der Waals surface area contributed by atoms with Crippen molar-refractivity contribution in [2.75, 3.05) is 24.8 Å². The summed E-state index contributed by atoms with van der Waals surface area (Å²) in [5, 5.41) is 8.16. The molecule has 0 radical (unpaired) electrons. The van der Waals surface area contributed by atoms with Gasteiger partial charge in [0.2, 0.25) is 5.91 Å². The second kappa shape index (κ2) is 9.36. The third kappa shape index (κ3) is 4.65. The largest absolute Gasteiger partial charge is 0.493 e. The Morgan fingerprint density at radius 1 is 1.27 bits per heavy atom. The van der Waals surface area contributed by atoms with Gasteiger partial charge in [0.05, 0.1) is 29.5 Å². The number of halogens is 1. The molecule has 0 fully saturated rings. The number of methoxy groups -OCH3 is 1. The van der Waals surface area contributed by atoms with Gasteiger partial charge in [0, 0.05) is 10.6 Å². The van der Waals surface area contributed by atoms with Crippen molar-refractivity contribution < 1.29 is 19.1 Å². The van der Waals surface area contributed by atoms with Gasteiger partial charge in [-0.1, -0.05) is 23.7 Å². The fraction of sp³-hybridized carbons (Fsp3) is 0.261. The summed E-state index contributed by atoms with van der Waals surface area (Å²) < 4.78 is 12.6. The van der Waals surface area contributed by atoms with Gasteiger partial charge in [-0.2, -0.15) is 5.10 Å². The van der Waals surface area contributed by atoms with Gasteiger partial charge in [0.25, 0.3) is 5.91 Å². The number of ether oxygens (including phenoxy) is 2. The van der Waals surface area contributed by atoms with Crippen molar-refractivity contribution in [3.05, 3.63) is 63.8 Å². The Labute approximate surface area is 200 Å². The first-order chi connectivity index (χ1) is 15.8. The number of carbonyl (C=O) groups excluding carboxylic acids is 2. The van der Waals surface area contributed by atoms with Crippen LogP contribution in [0.1, 0.15) is 27.6 Å². The van der Waals surface area contributed by atoms with E-state index in [0.717, 1.165) is 28.1 Å². The number of rotatable bonds is 6. The molecule has 4 rings (SSSR count). The van der Waals surface area contributed by atoms with E-state index in [2.05, 4.69) is 5.32 Å². The van der Waals surface area contributed by atoms with Crippen LogP contribution in [0.4, 0.5) is 5.82 Å². The van der Waals surface area contributed by atoms with Crippen molar-refractivity contribution in [2.45, 2.75) is 19.1 Å². The van der Waals surface area contributed by atoms with Gasteiger partial charge in [0.15, 0.2) is 18.1 Å². The number of thioether (sulfide) groups is 1. The number of aromatic nitrogens is 2. The number of nitrogens with zero attached hydrogens (tertiary/aromatic N) is 2. The van der Waals surface area contributed by atoms with Crippen LogP contribution in [-0.2, 0) is 9.59 Å². The first kappa shape index (κ1) is 23.0. The van der Waals surface area contributed by atoms with Gasteiger partial charge in [-0.05, 0) is 49.2 Å². The van der Waals surface area contributed by atoms with Crippen LogP contribution in [0.15, 0.2) is 36.4 Å². The maximum Gasteiger partial charge on any atom is 0.255 e. The van der Waals surface area contributed by atoms with Crippen LogP contribution in [0, 0.1) is 13.8 Å². The van der Waals surface area contributed by atoms with E-state index in [0.29, 0.717) is 22.3 Å². The predicted octanol–water partition coefficient (Wildman–Crippen LogP) is 3.79. The number of benzene rings is 2. The Hall–Kier alpha value is -3.17. The Morgan fingerprint density at radius 2 is 2.06 bits per heavy atom. The van der Waals surface area contributed by atoms with E-state index in [4.69, 9.17) is 31.9 Å². The lowest BCUT2D eigenvalue weighted by Gasteiger charge is -2.18. The van der Waals surface area contributed by atoms with Crippen molar-refractivity contribution in [2.24, 2.45) is 5.73 Å². The van der Waals surface area contributed by atoms with Crippen molar-refractivity contribution in [1.29, 1.82) is 0 Å². The molecule has 10 heteroatoms. The van der Waals surface area contributed by atoms with E-state index in [1.165, 1.54) is 18.9 Å². The molecule has 2 aromatic carbocycles. The van der Waals surface area contributed by atoms with E-state index in [-0.39, 0.29) is 23.5 Å². The van der Waals surface area contributed by atoms with E-state index < -0.39 is 5.91 Å². The third-order valence-electron chi connectivity index (χ3n) is 5.27. The number of aryl methyl sites for hydroxylation is 2. The molecule has 0 bridgehead atoms. The average Bonchev–Trinajstić information content (AvgIpc) is 2.98. The minimum Gasteiger partial charge on any atom is -0.493 e. The maximum atomic E-state index is 12.6. The molecule has 0 saturated heterocycles. The smallest absolute Gasteiger partial charge is 0.255 e. The summed E-state index contributed by atoms with van der Waals surface area (Å²) in [4.78, 5) is 23.7. The van der Waals surface area contributed by atoms with Crippen LogP contribution in [0.3, 0.4) is 0 Å². The maximum absolute atomic E-state index is 12.6. The van der Waals surface area contributed by atoms with Gasteiger partial charge in [-0.25, -0.2) is 4.68 Å². The molecule has 2 amide bonds. The van der Waals surface area contributed by atoms with Crippen LogP contribution < -0.4 is 20.5 Å². The number of anilines is 1. The Bertz CT molecular complexity index is 1240. The van der Waals surface area contributed by atoms with Gasteiger partial charge < -0.3 is 20.5 Å². The molecule has 1 aliphatic heterocycles. The number of primary amides is 1. The minimum absolute atomic E-state index is 0.114. The molecule has 1 aromatic heterocycles. The quantitative estimate of drug-likeness (QED) is 0.548. The zero-order valence-corrected chi connectivity index (χ0v) is 19.9. The third-order valence-corrected chi connectivity index (χ3v) is 6.95. The zero-order chi connectivity index (χ0) is 23.7. The first-order valence-electron chi connectivity index (χ1n) is 10.1. The van der Waals surface area contributed by atoms with Crippen LogP contribution >= 0.6 is 23.4 Å². The fourth-order valence-corrected chi connectivity index (χ4v) is 5.02. The molecular formula is C23H23ClN4O4S. The van der Waals surface area contributed by atoms with Gasteiger partial charge in [-0.3, -0.25) is 9.59 Å². The molecule has 0 aliphatic carbocycles. The highest BCUT2D eigenvalue weighted by molar-refractivity contribution is 8.00. The van der Waals surface area contributed by atoms with Gasteiger partial charge in [0.1, 0.15) is 5.82 Å².